The minimum Gasteiger partial charge on any atom is -0.465 e. The number of hydrogen-bond acceptors (Lipinski definition) is 6. The van der Waals surface area contributed by atoms with Crippen molar-refractivity contribution < 1.29 is 23.9 Å². The molecule has 2 atom stereocenters. The van der Waals surface area contributed by atoms with Gasteiger partial charge in [0.05, 0.1) is 19.3 Å². The summed E-state index contributed by atoms with van der Waals surface area (Å²) in [5.74, 6) is -1.95. The monoisotopic (exact) mass is 397 g/mol. The maximum absolute atomic E-state index is 13.1. The molecule has 0 spiro atoms. The summed E-state index contributed by atoms with van der Waals surface area (Å²) in [4.78, 5) is 42.4. The minimum atomic E-state index is -0.664. The van der Waals surface area contributed by atoms with Gasteiger partial charge in [0.2, 0.25) is 0 Å². The van der Waals surface area contributed by atoms with Crippen LogP contribution < -0.4 is 0 Å². The average Bonchev–Trinajstić information content (AvgIpc) is 2.65. The second kappa shape index (κ2) is 7.93. The summed E-state index contributed by atoms with van der Waals surface area (Å²) in [7, 11) is 1.33. The van der Waals surface area contributed by atoms with Crippen LogP contribution in [0.5, 0.6) is 0 Å². The normalized spacial score (nSPS) is 23.2. The van der Waals surface area contributed by atoms with Crippen LogP contribution in [0.2, 0.25) is 0 Å². The van der Waals surface area contributed by atoms with Gasteiger partial charge >= 0.3 is 11.9 Å². The average molecular weight is 397 g/mol. The Kier molecular flexibility index (Phi) is 5.73. The highest BCUT2D eigenvalue weighted by molar-refractivity contribution is 6.09. The maximum atomic E-state index is 13.1. The number of methoxy groups -OCH3 is 1. The zero-order valence-corrected chi connectivity index (χ0v) is 17.6. The highest BCUT2D eigenvalue weighted by Gasteiger charge is 2.45. The highest BCUT2D eigenvalue weighted by atomic mass is 16.5. The Balaban J connectivity index is 2.13. The number of hydrogen-bond donors (Lipinski definition) is 0. The van der Waals surface area contributed by atoms with Gasteiger partial charge in [-0.05, 0) is 43.4 Å². The Bertz CT molecular complexity index is 908. The first-order chi connectivity index (χ1) is 13.7. The summed E-state index contributed by atoms with van der Waals surface area (Å²) in [5.41, 5.74) is 3.02. The van der Waals surface area contributed by atoms with Gasteiger partial charge in [-0.25, -0.2) is 4.79 Å². The van der Waals surface area contributed by atoms with Gasteiger partial charge in [-0.3, -0.25) is 14.6 Å². The van der Waals surface area contributed by atoms with Crippen molar-refractivity contribution in [3.8, 4) is 0 Å². The van der Waals surface area contributed by atoms with E-state index in [1.54, 1.807) is 31.2 Å². The molecule has 0 saturated carbocycles. The molecule has 0 amide bonds. The predicted octanol–water partition coefficient (Wildman–Crippen LogP) is 3.85. The van der Waals surface area contributed by atoms with E-state index in [9.17, 15) is 14.4 Å². The van der Waals surface area contributed by atoms with Crippen molar-refractivity contribution in [1.29, 1.82) is 0 Å². The van der Waals surface area contributed by atoms with E-state index in [0.717, 1.165) is 11.3 Å². The van der Waals surface area contributed by atoms with Crippen LogP contribution >= 0.6 is 0 Å². The molecule has 1 unspecified atom stereocenters. The first-order valence-corrected chi connectivity index (χ1v) is 9.85. The molecule has 6 nitrogen and oxygen atoms in total. The zero-order valence-electron chi connectivity index (χ0n) is 17.6. The smallest absolute Gasteiger partial charge is 0.337 e. The first-order valence-electron chi connectivity index (χ1n) is 9.85. The third-order valence-corrected chi connectivity index (χ3v) is 5.53. The third kappa shape index (κ3) is 4.02. The lowest BCUT2D eigenvalue weighted by molar-refractivity contribution is -0.146. The van der Waals surface area contributed by atoms with Crippen LogP contribution in [0.4, 0.5) is 0 Å². The molecule has 1 aliphatic carbocycles. The number of carbonyl (C=O) groups is 3. The Morgan fingerprint density at radius 3 is 2.41 bits per heavy atom. The quantitative estimate of drug-likeness (QED) is 0.721. The zero-order chi connectivity index (χ0) is 21.3. The van der Waals surface area contributed by atoms with E-state index in [4.69, 9.17) is 9.47 Å². The van der Waals surface area contributed by atoms with Gasteiger partial charge < -0.3 is 9.47 Å². The summed E-state index contributed by atoms with van der Waals surface area (Å²) < 4.78 is 10.1. The van der Waals surface area contributed by atoms with Gasteiger partial charge in [0.25, 0.3) is 0 Å². The molecule has 29 heavy (non-hydrogen) atoms. The lowest BCUT2D eigenvalue weighted by Gasteiger charge is -2.39. The summed E-state index contributed by atoms with van der Waals surface area (Å²) in [5, 5.41) is 0. The number of allylic oxidation sites excluding steroid dienone is 2. The van der Waals surface area contributed by atoms with E-state index in [1.807, 2.05) is 6.92 Å². The van der Waals surface area contributed by atoms with Crippen molar-refractivity contribution in [2.45, 2.75) is 46.5 Å². The third-order valence-electron chi connectivity index (χ3n) is 5.53. The van der Waals surface area contributed by atoms with Crippen molar-refractivity contribution in [3.05, 3.63) is 46.7 Å². The molecule has 0 fully saturated rings. The Morgan fingerprint density at radius 2 is 1.83 bits per heavy atom. The van der Waals surface area contributed by atoms with E-state index in [-0.39, 0.29) is 23.8 Å². The summed E-state index contributed by atoms with van der Waals surface area (Å²) in [6, 6.07) is 6.86. The van der Waals surface area contributed by atoms with Gasteiger partial charge in [-0.2, -0.15) is 0 Å². The van der Waals surface area contributed by atoms with Crippen LogP contribution in [0.3, 0.4) is 0 Å². The SMILES string of the molecule is CCOC(=O)C1C(C)=NC2=C(C(=O)CC(C)(C)C2)[C@H]1c1ccc(C(=O)OC)cc1. The van der Waals surface area contributed by atoms with Crippen molar-refractivity contribution in [2.24, 2.45) is 16.3 Å². The van der Waals surface area contributed by atoms with Gasteiger partial charge in [-0.1, -0.05) is 26.0 Å². The number of aliphatic imine (C=N–C) groups is 1. The van der Waals surface area contributed by atoms with E-state index in [0.29, 0.717) is 29.7 Å². The lowest BCUT2D eigenvalue weighted by atomic mass is 9.67. The number of esters is 2. The molecule has 0 saturated heterocycles. The van der Waals surface area contributed by atoms with Crippen LogP contribution in [-0.2, 0) is 19.1 Å². The number of ketones is 1. The molecule has 1 heterocycles. The van der Waals surface area contributed by atoms with Crippen LogP contribution in [0, 0.1) is 11.3 Å². The summed E-state index contributed by atoms with van der Waals surface area (Å²) >= 11 is 0. The number of nitrogens with zero attached hydrogens (tertiary/aromatic N) is 1. The summed E-state index contributed by atoms with van der Waals surface area (Å²) in [6.07, 6.45) is 1.09. The molecule has 1 aromatic carbocycles. The van der Waals surface area contributed by atoms with Gasteiger partial charge in [0.15, 0.2) is 5.78 Å². The van der Waals surface area contributed by atoms with Gasteiger partial charge in [0.1, 0.15) is 5.92 Å². The van der Waals surface area contributed by atoms with Gasteiger partial charge in [0, 0.05) is 29.3 Å². The molecular weight excluding hydrogens is 370 g/mol. The molecule has 0 aromatic heterocycles. The number of benzene rings is 1. The van der Waals surface area contributed by atoms with Crippen LogP contribution in [-0.4, -0.2) is 37.2 Å². The molecule has 6 heteroatoms. The molecule has 154 valence electrons. The molecule has 0 bridgehead atoms. The fourth-order valence-electron chi connectivity index (χ4n) is 4.29. The van der Waals surface area contributed by atoms with Crippen LogP contribution in [0.15, 0.2) is 40.5 Å². The second-order valence-electron chi connectivity index (χ2n) is 8.38. The van der Waals surface area contributed by atoms with E-state index in [1.165, 1.54) is 7.11 Å². The minimum absolute atomic E-state index is 0.0174. The lowest BCUT2D eigenvalue weighted by Crippen LogP contribution is -2.39. The van der Waals surface area contributed by atoms with Crippen molar-refractivity contribution in [1.82, 2.24) is 0 Å². The second-order valence-corrected chi connectivity index (χ2v) is 8.38. The van der Waals surface area contributed by atoms with E-state index >= 15 is 0 Å². The first kappa shape index (κ1) is 21.0. The standard InChI is InChI=1S/C23H27NO5/c1-6-29-22(27)18-13(2)24-16-11-23(3,4)12-17(25)20(16)19(18)14-7-9-15(10-8-14)21(26)28-5/h7-10,18-19H,6,11-12H2,1-5H3/t18?,19-/m0/s1. The topological polar surface area (TPSA) is 82.0 Å². The molecular formula is C23H27NO5. The molecule has 0 radical (unpaired) electrons. The Hall–Kier alpha value is -2.76. The fraction of sp³-hybridized carbons (Fsp3) is 0.478. The molecule has 3 rings (SSSR count). The van der Waals surface area contributed by atoms with Crippen molar-refractivity contribution in [2.75, 3.05) is 13.7 Å². The molecule has 0 N–H and O–H groups in total. The number of Topliss-reactive ketones (excluding diaryl/α,β-unsaturated/α-hetero) is 1. The van der Waals surface area contributed by atoms with Crippen LogP contribution in [0.1, 0.15) is 62.4 Å². The number of rotatable bonds is 4. The van der Waals surface area contributed by atoms with Crippen molar-refractivity contribution >= 4 is 23.4 Å². The molecule has 1 aromatic rings. The Morgan fingerprint density at radius 1 is 1.17 bits per heavy atom. The van der Waals surface area contributed by atoms with E-state index < -0.39 is 17.8 Å². The number of carbonyl (C=O) groups excluding carboxylic acids is 3. The predicted molar refractivity (Wildman–Crippen MR) is 109 cm³/mol. The number of ether oxygens (including phenoxy) is 2. The van der Waals surface area contributed by atoms with Crippen LogP contribution in [0.25, 0.3) is 0 Å². The van der Waals surface area contributed by atoms with Crippen molar-refractivity contribution in [3.63, 3.8) is 0 Å². The molecule has 1 aliphatic heterocycles. The summed E-state index contributed by atoms with van der Waals surface area (Å²) in [6.45, 7) is 7.93. The maximum Gasteiger partial charge on any atom is 0.337 e. The fourth-order valence-corrected chi connectivity index (χ4v) is 4.29. The van der Waals surface area contributed by atoms with E-state index in [2.05, 4.69) is 18.8 Å². The largest absolute Gasteiger partial charge is 0.465 e. The highest BCUT2D eigenvalue weighted by Crippen LogP contribution is 2.47. The Labute approximate surface area is 171 Å². The van der Waals surface area contributed by atoms with Gasteiger partial charge in [-0.15, -0.1) is 0 Å². The molecule has 2 aliphatic rings.